The van der Waals surface area contributed by atoms with Crippen molar-refractivity contribution >= 4 is 24.0 Å². The molecule has 5 nitrogen and oxygen atoms in total. The molecule has 1 rings (SSSR count). The molecule has 1 aromatic heterocycles. The van der Waals surface area contributed by atoms with Crippen LogP contribution in [0.2, 0.25) is 0 Å². The van der Waals surface area contributed by atoms with Gasteiger partial charge in [-0.05, 0) is 6.92 Å². The van der Waals surface area contributed by atoms with Gasteiger partial charge in [0.15, 0.2) is 0 Å². The van der Waals surface area contributed by atoms with Crippen molar-refractivity contribution in [2.75, 3.05) is 5.32 Å². The van der Waals surface area contributed by atoms with E-state index in [1.54, 1.807) is 6.92 Å². The largest absolute Gasteiger partial charge is 0.366 e. The lowest BCUT2D eigenvalue weighted by Crippen LogP contribution is -2.25. The van der Waals surface area contributed by atoms with Gasteiger partial charge in [0.1, 0.15) is 5.69 Å². The molecule has 15 heavy (non-hydrogen) atoms. The molecule has 4 N–H and O–H groups in total. The summed E-state index contributed by atoms with van der Waals surface area (Å²) in [7, 11) is 0. The van der Waals surface area contributed by atoms with E-state index in [9.17, 15) is 9.59 Å². The Kier molecular flexibility index (Phi) is 5.66. The average molecular weight is 232 g/mol. The van der Waals surface area contributed by atoms with Crippen molar-refractivity contribution in [3.8, 4) is 0 Å². The predicted octanol–water partition coefficient (Wildman–Crippen LogP) is 0.472. The molecule has 0 aliphatic carbocycles. The van der Waals surface area contributed by atoms with Crippen LogP contribution in [0.3, 0.4) is 0 Å². The highest BCUT2D eigenvalue weighted by atomic mass is 35.5. The number of halogens is 1. The second-order valence-electron chi connectivity index (χ2n) is 3.15. The second kappa shape index (κ2) is 6.21. The zero-order chi connectivity index (χ0) is 10.6. The molecule has 0 fully saturated rings. The van der Waals surface area contributed by atoms with E-state index in [4.69, 9.17) is 5.73 Å². The van der Waals surface area contributed by atoms with Gasteiger partial charge < -0.3 is 16.0 Å². The topological polar surface area (TPSA) is 88.0 Å². The van der Waals surface area contributed by atoms with Crippen LogP contribution in [0.1, 0.15) is 13.3 Å². The third-order valence-corrected chi connectivity index (χ3v) is 1.61. The van der Waals surface area contributed by atoms with Gasteiger partial charge in [-0.3, -0.25) is 9.59 Å². The van der Waals surface area contributed by atoms with Crippen LogP contribution in [-0.4, -0.2) is 16.9 Å². The lowest BCUT2D eigenvalue weighted by atomic mass is 10.2. The summed E-state index contributed by atoms with van der Waals surface area (Å²) in [6.07, 6.45) is 3.15. The molecule has 0 saturated heterocycles. The molecule has 0 radical (unpaired) electrons. The number of hydrogen-bond acceptors (Lipinski definition) is 3. The number of nitrogens with one attached hydrogen (secondary N) is 2. The molecule has 1 aromatic rings. The summed E-state index contributed by atoms with van der Waals surface area (Å²) in [6.45, 7) is 1.73. The highest BCUT2D eigenvalue weighted by Gasteiger charge is 2.06. The Balaban J connectivity index is 0.00000196. The fraction of sp³-hybridized carbons (Fsp3) is 0.333. The zero-order valence-electron chi connectivity index (χ0n) is 8.32. The maximum Gasteiger partial charge on any atom is 0.226 e. The first-order valence-electron chi connectivity index (χ1n) is 4.32. The molecular weight excluding hydrogens is 218 g/mol. The number of pyridine rings is 1. The quantitative estimate of drug-likeness (QED) is 0.707. The van der Waals surface area contributed by atoms with Crippen molar-refractivity contribution in [2.24, 2.45) is 5.73 Å². The monoisotopic (exact) mass is 231 g/mol. The Bertz CT molecular complexity index is 376. The summed E-state index contributed by atoms with van der Waals surface area (Å²) in [5, 5.41) is 2.48. The molecule has 0 bridgehead atoms. The van der Waals surface area contributed by atoms with Crippen LogP contribution in [-0.2, 0) is 4.79 Å². The molecule has 1 atom stereocenters. The van der Waals surface area contributed by atoms with E-state index in [2.05, 4.69) is 10.3 Å². The summed E-state index contributed by atoms with van der Waals surface area (Å²) < 4.78 is 0. The minimum absolute atomic E-state index is 0. The number of nitrogens with two attached hydrogens (primary N) is 1. The molecule has 84 valence electrons. The summed E-state index contributed by atoms with van der Waals surface area (Å²) in [6, 6.07) is 1.14. The summed E-state index contributed by atoms with van der Waals surface area (Å²) in [5.74, 6) is -0.253. The molecule has 1 amide bonds. The number of aromatic amines is 1. The Hall–Kier alpha value is -1.33. The van der Waals surface area contributed by atoms with Crippen LogP contribution in [0.25, 0.3) is 0 Å². The normalized spacial score (nSPS) is 11.3. The first-order valence-corrected chi connectivity index (χ1v) is 4.32. The number of H-pyrrole nitrogens is 1. The van der Waals surface area contributed by atoms with Crippen molar-refractivity contribution in [1.82, 2.24) is 4.98 Å². The van der Waals surface area contributed by atoms with E-state index in [0.29, 0.717) is 0 Å². The van der Waals surface area contributed by atoms with Gasteiger partial charge in [0, 0.05) is 30.9 Å². The Morgan fingerprint density at radius 2 is 2.33 bits per heavy atom. The first-order chi connectivity index (χ1) is 6.59. The number of amides is 1. The summed E-state index contributed by atoms with van der Waals surface area (Å²) in [4.78, 5) is 25.1. The SMILES string of the molecule is CC(N)CC(=O)Nc1c[nH]ccc1=O.Cl. The van der Waals surface area contributed by atoms with Gasteiger partial charge in [0.05, 0.1) is 0 Å². The van der Waals surface area contributed by atoms with Crippen LogP contribution >= 0.6 is 12.4 Å². The van der Waals surface area contributed by atoms with Crippen molar-refractivity contribution in [3.05, 3.63) is 28.7 Å². The third kappa shape index (κ3) is 4.62. The van der Waals surface area contributed by atoms with Gasteiger partial charge in [-0.15, -0.1) is 12.4 Å². The van der Waals surface area contributed by atoms with E-state index in [0.717, 1.165) is 0 Å². The number of rotatable bonds is 3. The fourth-order valence-electron chi connectivity index (χ4n) is 1.01. The van der Waals surface area contributed by atoms with E-state index in [-0.39, 0.29) is 41.9 Å². The molecule has 1 heterocycles. The second-order valence-corrected chi connectivity index (χ2v) is 3.15. The molecule has 0 spiro atoms. The van der Waals surface area contributed by atoms with Gasteiger partial charge in [0.25, 0.3) is 0 Å². The Labute approximate surface area is 93.5 Å². The van der Waals surface area contributed by atoms with Crippen molar-refractivity contribution in [1.29, 1.82) is 0 Å². The minimum Gasteiger partial charge on any atom is -0.366 e. The van der Waals surface area contributed by atoms with Crippen LogP contribution in [0.5, 0.6) is 0 Å². The molecule has 0 aliphatic rings. The molecule has 1 unspecified atom stereocenters. The van der Waals surface area contributed by atoms with Crippen molar-refractivity contribution in [2.45, 2.75) is 19.4 Å². The average Bonchev–Trinajstić information content (AvgIpc) is 2.07. The van der Waals surface area contributed by atoms with Gasteiger partial charge in [-0.1, -0.05) is 0 Å². The van der Waals surface area contributed by atoms with Crippen LogP contribution < -0.4 is 16.5 Å². The number of anilines is 1. The number of aromatic nitrogens is 1. The molecule has 0 saturated carbocycles. The van der Waals surface area contributed by atoms with Crippen LogP contribution in [0.4, 0.5) is 5.69 Å². The first kappa shape index (κ1) is 13.7. The van der Waals surface area contributed by atoms with E-state index in [1.807, 2.05) is 0 Å². The molecule has 6 heteroatoms. The van der Waals surface area contributed by atoms with Crippen LogP contribution in [0, 0.1) is 0 Å². The predicted molar refractivity (Wildman–Crippen MR) is 61.2 cm³/mol. The van der Waals surface area contributed by atoms with E-state index >= 15 is 0 Å². The Morgan fingerprint density at radius 1 is 1.67 bits per heavy atom. The molecule has 0 aliphatic heterocycles. The number of carbonyl (C=O) groups is 1. The van der Waals surface area contributed by atoms with Crippen LogP contribution in [0.15, 0.2) is 23.3 Å². The van der Waals surface area contributed by atoms with E-state index in [1.165, 1.54) is 18.5 Å². The fourth-order valence-corrected chi connectivity index (χ4v) is 1.01. The highest BCUT2D eigenvalue weighted by molar-refractivity contribution is 5.90. The molecule has 0 aromatic carbocycles. The summed E-state index contributed by atoms with van der Waals surface area (Å²) in [5.41, 5.74) is 5.47. The zero-order valence-corrected chi connectivity index (χ0v) is 9.14. The lowest BCUT2D eigenvalue weighted by molar-refractivity contribution is -0.116. The van der Waals surface area contributed by atoms with Crippen molar-refractivity contribution in [3.63, 3.8) is 0 Å². The highest BCUT2D eigenvalue weighted by Crippen LogP contribution is 1.97. The smallest absolute Gasteiger partial charge is 0.226 e. The van der Waals surface area contributed by atoms with Crippen molar-refractivity contribution < 1.29 is 4.79 Å². The van der Waals surface area contributed by atoms with Gasteiger partial charge >= 0.3 is 0 Å². The van der Waals surface area contributed by atoms with Gasteiger partial charge in [0.2, 0.25) is 11.3 Å². The van der Waals surface area contributed by atoms with Gasteiger partial charge in [-0.25, -0.2) is 0 Å². The summed E-state index contributed by atoms with van der Waals surface area (Å²) >= 11 is 0. The standard InChI is InChI=1S/C9H13N3O2.ClH/c1-6(10)4-9(14)12-7-5-11-3-2-8(7)13;/h2-3,5-6H,4,10H2,1H3,(H,11,13)(H,12,14);1H. The minimum atomic E-state index is -0.253. The lowest BCUT2D eigenvalue weighted by Gasteiger charge is -2.05. The molecular formula is C9H14ClN3O2. The third-order valence-electron chi connectivity index (χ3n) is 1.61. The number of carbonyl (C=O) groups excluding carboxylic acids is 1. The maximum absolute atomic E-state index is 11.2. The number of hydrogen-bond donors (Lipinski definition) is 3. The maximum atomic E-state index is 11.2. The van der Waals surface area contributed by atoms with E-state index < -0.39 is 0 Å². The Morgan fingerprint density at radius 3 is 2.87 bits per heavy atom. The van der Waals surface area contributed by atoms with Gasteiger partial charge in [-0.2, -0.15) is 0 Å².